The molecule has 1 saturated heterocycles. The lowest BCUT2D eigenvalue weighted by Gasteiger charge is -2.24. The van der Waals surface area contributed by atoms with Crippen LogP contribution in [0.5, 0.6) is 0 Å². The Morgan fingerprint density at radius 3 is 2.76 bits per heavy atom. The maximum atomic E-state index is 12.1. The number of carbonyl (C=O) groups is 2. The van der Waals surface area contributed by atoms with E-state index in [0.29, 0.717) is 18.9 Å². The van der Waals surface area contributed by atoms with E-state index >= 15 is 0 Å². The maximum Gasteiger partial charge on any atom is 0.240 e. The highest BCUT2D eigenvalue weighted by Gasteiger charge is 2.33. The third kappa shape index (κ3) is 2.87. The molecule has 2 rings (SSSR count). The Balaban J connectivity index is 1.92. The van der Waals surface area contributed by atoms with Crippen LogP contribution in [-0.2, 0) is 9.59 Å². The van der Waals surface area contributed by atoms with Crippen molar-refractivity contribution in [2.45, 2.75) is 44.6 Å². The highest BCUT2D eigenvalue weighted by atomic mass is 16.2. The summed E-state index contributed by atoms with van der Waals surface area (Å²) in [4.78, 5) is 25.0. The second kappa shape index (κ2) is 5.34. The lowest BCUT2D eigenvalue weighted by molar-refractivity contribution is -0.137. The van der Waals surface area contributed by atoms with Crippen molar-refractivity contribution in [2.75, 3.05) is 6.54 Å². The van der Waals surface area contributed by atoms with Gasteiger partial charge >= 0.3 is 0 Å². The first kappa shape index (κ1) is 12.1. The summed E-state index contributed by atoms with van der Waals surface area (Å²) in [5, 5.41) is 0. The Morgan fingerprint density at radius 1 is 1.29 bits per heavy atom. The predicted molar refractivity (Wildman–Crippen MR) is 65.0 cm³/mol. The molecule has 4 nitrogen and oxygen atoms in total. The van der Waals surface area contributed by atoms with Crippen molar-refractivity contribution >= 4 is 11.8 Å². The van der Waals surface area contributed by atoms with Crippen LogP contribution >= 0.6 is 0 Å². The lowest BCUT2D eigenvalue weighted by atomic mass is 9.92. The van der Waals surface area contributed by atoms with Crippen molar-refractivity contribution in [3.05, 3.63) is 12.2 Å². The Morgan fingerprint density at radius 2 is 2.12 bits per heavy atom. The van der Waals surface area contributed by atoms with Crippen molar-refractivity contribution in [1.82, 2.24) is 4.90 Å². The Bertz CT molecular complexity index is 338. The molecule has 2 N–H and O–H groups in total. The minimum absolute atomic E-state index is 0.0860. The summed E-state index contributed by atoms with van der Waals surface area (Å²) in [6.45, 7) is 0.683. The molecule has 0 radical (unpaired) electrons. The smallest absolute Gasteiger partial charge is 0.240 e. The fourth-order valence-corrected chi connectivity index (χ4v) is 2.76. The third-order valence-electron chi connectivity index (χ3n) is 3.69. The molecule has 1 aliphatic carbocycles. The van der Waals surface area contributed by atoms with Crippen LogP contribution in [0.25, 0.3) is 0 Å². The first-order valence-electron chi connectivity index (χ1n) is 6.44. The number of carbonyl (C=O) groups excluding carboxylic acids is 2. The van der Waals surface area contributed by atoms with Crippen LogP contribution in [0.1, 0.15) is 38.5 Å². The molecule has 4 heteroatoms. The predicted octanol–water partition coefficient (Wildman–Crippen LogP) is 1.21. The number of primary amides is 1. The molecule has 0 aromatic heterocycles. The number of allylic oxidation sites excluding steroid dienone is 2. The fourth-order valence-electron chi connectivity index (χ4n) is 2.76. The van der Waals surface area contributed by atoms with Gasteiger partial charge in [0.2, 0.25) is 11.8 Å². The Hall–Kier alpha value is -1.32. The molecule has 0 aromatic rings. The summed E-state index contributed by atoms with van der Waals surface area (Å²) in [7, 11) is 0. The molecular weight excluding hydrogens is 216 g/mol. The SMILES string of the molecule is NC(=O)[C@H]1CCCN1C(=O)CC1C=CCCC1. The lowest BCUT2D eigenvalue weighted by Crippen LogP contribution is -2.44. The van der Waals surface area contributed by atoms with Gasteiger partial charge in [0.1, 0.15) is 6.04 Å². The van der Waals surface area contributed by atoms with E-state index in [2.05, 4.69) is 12.2 Å². The van der Waals surface area contributed by atoms with Gasteiger partial charge in [0.05, 0.1) is 0 Å². The Kier molecular flexibility index (Phi) is 3.82. The van der Waals surface area contributed by atoms with Crippen LogP contribution in [0.4, 0.5) is 0 Å². The second-order valence-corrected chi connectivity index (χ2v) is 4.97. The van der Waals surface area contributed by atoms with Crippen LogP contribution in [0.3, 0.4) is 0 Å². The average molecular weight is 236 g/mol. The highest BCUT2D eigenvalue weighted by molar-refractivity contribution is 5.87. The number of rotatable bonds is 3. The van der Waals surface area contributed by atoms with Crippen LogP contribution in [0, 0.1) is 5.92 Å². The molecule has 2 amide bonds. The molecule has 1 aliphatic heterocycles. The van der Waals surface area contributed by atoms with Gasteiger partial charge in [-0.15, -0.1) is 0 Å². The van der Waals surface area contributed by atoms with Gasteiger partial charge in [0, 0.05) is 13.0 Å². The summed E-state index contributed by atoms with van der Waals surface area (Å²) in [5.74, 6) is 0.0725. The zero-order valence-corrected chi connectivity index (χ0v) is 10.1. The molecule has 0 spiro atoms. The highest BCUT2D eigenvalue weighted by Crippen LogP contribution is 2.24. The quantitative estimate of drug-likeness (QED) is 0.749. The van der Waals surface area contributed by atoms with Crippen LogP contribution < -0.4 is 5.73 Å². The molecule has 2 atom stereocenters. The number of hydrogen-bond donors (Lipinski definition) is 1. The summed E-state index contributed by atoms with van der Waals surface area (Å²) in [5.41, 5.74) is 5.31. The van der Waals surface area contributed by atoms with E-state index < -0.39 is 0 Å². The number of nitrogens with zero attached hydrogens (tertiary/aromatic N) is 1. The minimum atomic E-state index is -0.366. The molecule has 17 heavy (non-hydrogen) atoms. The van der Waals surface area contributed by atoms with Crippen LogP contribution in [-0.4, -0.2) is 29.3 Å². The van der Waals surface area contributed by atoms with Crippen molar-refractivity contribution in [2.24, 2.45) is 11.7 Å². The Labute approximate surface area is 102 Å². The fraction of sp³-hybridized carbons (Fsp3) is 0.692. The average Bonchev–Trinajstić information content (AvgIpc) is 2.79. The van der Waals surface area contributed by atoms with Crippen molar-refractivity contribution in [3.8, 4) is 0 Å². The molecule has 2 aliphatic rings. The first-order valence-corrected chi connectivity index (χ1v) is 6.44. The van der Waals surface area contributed by atoms with Crippen molar-refractivity contribution in [3.63, 3.8) is 0 Å². The minimum Gasteiger partial charge on any atom is -0.368 e. The molecule has 1 heterocycles. The molecule has 1 fully saturated rings. The van der Waals surface area contributed by atoms with E-state index in [9.17, 15) is 9.59 Å². The van der Waals surface area contributed by atoms with Gasteiger partial charge in [-0.3, -0.25) is 9.59 Å². The van der Waals surface area contributed by atoms with E-state index in [1.54, 1.807) is 4.90 Å². The molecule has 0 aromatic carbocycles. The second-order valence-electron chi connectivity index (χ2n) is 4.97. The summed E-state index contributed by atoms with van der Waals surface area (Å²) in [6.07, 6.45) is 9.79. The van der Waals surface area contributed by atoms with Gasteiger partial charge in [-0.25, -0.2) is 0 Å². The van der Waals surface area contributed by atoms with E-state index in [4.69, 9.17) is 5.73 Å². The standard InChI is InChI=1S/C13H20N2O2/c14-13(17)11-7-4-8-15(11)12(16)9-10-5-2-1-3-6-10/h2,5,10-11H,1,3-4,6-9H2,(H2,14,17)/t10?,11-/m1/s1. The van der Waals surface area contributed by atoms with E-state index in [1.807, 2.05) is 0 Å². The number of amides is 2. The normalized spacial score (nSPS) is 28.4. The third-order valence-corrected chi connectivity index (χ3v) is 3.69. The summed E-state index contributed by atoms with van der Waals surface area (Å²) < 4.78 is 0. The van der Waals surface area contributed by atoms with Crippen molar-refractivity contribution < 1.29 is 9.59 Å². The zero-order valence-electron chi connectivity index (χ0n) is 10.1. The summed E-state index contributed by atoms with van der Waals surface area (Å²) >= 11 is 0. The van der Waals surface area contributed by atoms with Gasteiger partial charge in [-0.05, 0) is 38.0 Å². The van der Waals surface area contributed by atoms with E-state index in [-0.39, 0.29) is 17.9 Å². The zero-order chi connectivity index (χ0) is 12.3. The molecule has 94 valence electrons. The number of nitrogens with two attached hydrogens (primary N) is 1. The largest absolute Gasteiger partial charge is 0.368 e. The summed E-state index contributed by atoms with van der Waals surface area (Å²) in [6, 6.07) is -0.366. The van der Waals surface area contributed by atoms with Crippen molar-refractivity contribution in [1.29, 1.82) is 0 Å². The number of hydrogen-bond acceptors (Lipinski definition) is 2. The van der Waals surface area contributed by atoms with Gasteiger partial charge in [0.25, 0.3) is 0 Å². The topological polar surface area (TPSA) is 63.4 Å². The first-order chi connectivity index (χ1) is 8.18. The molecule has 0 bridgehead atoms. The van der Waals surface area contributed by atoms with Gasteiger partial charge < -0.3 is 10.6 Å². The number of likely N-dealkylation sites (tertiary alicyclic amines) is 1. The molecular formula is C13H20N2O2. The van der Waals surface area contributed by atoms with Gasteiger partial charge in [-0.1, -0.05) is 12.2 Å². The van der Waals surface area contributed by atoms with Crippen LogP contribution in [0.15, 0.2) is 12.2 Å². The van der Waals surface area contributed by atoms with Gasteiger partial charge in [0.15, 0.2) is 0 Å². The molecule has 1 unspecified atom stereocenters. The van der Waals surface area contributed by atoms with Crippen LogP contribution in [0.2, 0.25) is 0 Å². The van der Waals surface area contributed by atoms with E-state index in [1.165, 1.54) is 0 Å². The molecule has 0 saturated carbocycles. The van der Waals surface area contributed by atoms with Gasteiger partial charge in [-0.2, -0.15) is 0 Å². The van der Waals surface area contributed by atoms with E-state index in [0.717, 1.165) is 32.1 Å². The maximum absolute atomic E-state index is 12.1. The monoisotopic (exact) mass is 236 g/mol.